The SMILES string of the molecule is C=C/C=C/C(OC(=O)C=C)C(C)=O. The molecule has 13 heavy (non-hydrogen) atoms. The number of Topliss-reactive ketones (excluding diaryl/α,β-unsaturated/α-hetero) is 1. The average Bonchev–Trinajstić information content (AvgIpc) is 2.11. The Morgan fingerprint density at radius 3 is 2.38 bits per heavy atom. The van der Waals surface area contributed by atoms with Gasteiger partial charge < -0.3 is 4.74 Å². The Labute approximate surface area is 77.4 Å². The molecule has 0 aromatic carbocycles. The molecule has 0 aliphatic rings. The van der Waals surface area contributed by atoms with E-state index in [2.05, 4.69) is 13.2 Å². The summed E-state index contributed by atoms with van der Waals surface area (Å²) in [5.74, 6) is -0.859. The van der Waals surface area contributed by atoms with Crippen molar-refractivity contribution in [3.8, 4) is 0 Å². The number of hydrogen-bond acceptors (Lipinski definition) is 3. The van der Waals surface area contributed by atoms with Gasteiger partial charge in [0, 0.05) is 6.08 Å². The van der Waals surface area contributed by atoms with Gasteiger partial charge in [0.25, 0.3) is 0 Å². The number of carbonyl (C=O) groups is 2. The van der Waals surface area contributed by atoms with E-state index in [0.717, 1.165) is 6.08 Å². The highest BCUT2D eigenvalue weighted by Gasteiger charge is 2.13. The molecular weight excluding hydrogens is 168 g/mol. The molecule has 0 aromatic heterocycles. The van der Waals surface area contributed by atoms with Crippen molar-refractivity contribution in [2.24, 2.45) is 0 Å². The first-order valence-electron chi connectivity index (χ1n) is 3.74. The molecule has 1 unspecified atom stereocenters. The fourth-order valence-corrected chi connectivity index (χ4v) is 0.611. The lowest BCUT2D eigenvalue weighted by Gasteiger charge is -2.08. The molecule has 0 N–H and O–H groups in total. The molecule has 0 amide bonds. The Morgan fingerprint density at radius 1 is 1.38 bits per heavy atom. The minimum absolute atomic E-state index is 0.242. The number of ketones is 1. The van der Waals surface area contributed by atoms with E-state index < -0.39 is 12.1 Å². The van der Waals surface area contributed by atoms with Gasteiger partial charge in [-0.2, -0.15) is 0 Å². The minimum atomic E-state index is -0.844. The predicted octanol–water partition coefficient (Wildman–Crippen LogP) is 1.42. The Morgan fingerprint density at radius 2 is 2.00 bits per heavy atom. The van der Waals surface area contributed by atoms with Crippen LogP contribution in [0.3, 0.4) is 0 Å². The molecule has 0 spiro atoms. The maximum atomic E-state index is 10.9. The first-order chi connectivity index (χ1) is 6.11. The lowest BCUT2D eigenvalue weighted by Crippen LogP contribution is -2.21. The van der Waals surface area contributed by atoms with Crippen LogP contribution in [-0.2, 0) is 14.3 Å². The summed E-state index contributed by atoms with van der Waals surface area (Å²) >= 11 is 0. The normalized spacial score (nSPS) is 12.1. The van der Waals surface area contributed by atoms with Crippen LogP contribution < -0.4 is 0 Å². The number of rotatable bonds is 5. The minimum Gasteiger partial charge on any atom is -0.447 e. The van der Waals surface area contributed by atoms with Gasteiger partial charge >= 0.3 is 5.97 Å². The summed E-state index contributed by atoms with van der Waals surface area (Å²) in [6, 6.07) is 0. The van der Waals surface area contributed by atoms with E-state index in [1.54, 1.807) is 6.08 Å². The highest BCUT2D eigenvalue weighted by atomic mass is 16.5. The van der Waals surface area contributed by atoms with Crippen LogP contribution in [0.1, 0.15) is 6.92 Å². The van der Waals surface area contributed by atoms with Gasteiger partial charge in [0.05, 0.1) is 0 Å². The van der Waals surface area contributed by atoms with Crippen molar-refractivity contribution in [3.05, 3.63) is 37.5 Å². The number of ether oxygens (including phenoxy) is 1. The number of hydrogen-bond donors (Lipinski definition) is 0. The van der Waals surface area contributed by atoms with Crippen LogP contribution >= 0.6 is 0 Å². The van der Waals surface area contributed by atoms with Gasteiger partial charge in [-0.25, -0.2) is 4.79 Å². The zero-order valence-corrected chi connectivity index (χ0v) is 7.53. The molecule has 0 fully saturated rings. The first kappa shape index (κ1) is 11.4. The highest BCUT2D eigenvalue weighted by molar-refractivity contribution is 5.88. The van der Waals surface area contributed by atoms with Crippen molar-refractivity contribution < 1.29 is 14.3 Å². The lowest BCUT2D eigenvalue weighted by molar-refractivity contribution is -0.146. The molecule has 0 bridgehead atoms. The van der Waals surface area contributed by atoms with Gasteiger partial charge in [-0.05, 0) is 13.0 Å². The zero-order valence-electron chi connectivity index (χ0n) is 7.53. The molecule has 0 aliphatic heterocycles. The molecule has 70 valence electrons. The van der Waals surface area contributed by atoms with Crippen molar-refractivity contribution in [3.63, 3.8) is 0 Å². The van der Waals surface area contributed by atoms with E-state index in [9.17, 15) is 9.59 Å². The molecule has 0 rings (SSSR count). The van der Waals surface area contributed by atoms with Crippen LogP contribution in [0, 0.1) is 0 Å². The van der Waals surface area contributed by atoms with Gasteiger partial charge in [0.1, 0.15) is 0 Å². The second kappa shape index (κ2) is 5.94. The fourth-order valence-electron chi connectivity index (χ4n) is 0.611. The van der Waals surface area contributed by atoms with Crippen molar-refractivity contribution in [2.75, 3.05) is 0 Å². The van der Waals surface area contributed by atoms with Crippen LogP contribution in [0.2, 0.25) is 0 Å². The van der Waals surface area contributed by atoms with Gasteiger partial charge in [0.2, 0.25) is 0 Å². The summed E-state index contributed by atoms with van der Waals surface area (Å²) in [4.78, 5) is 21.6. The van der Waals surface area contributed by atoms with Gasteiger partial charge in [-0.15, -0.1) is 0 Å². The average molecular weight is 180 g/mol. The summed E-state index contributed by atoms with van der Waals surface area (Å²) < 4.78 is 4.72. The molecule has 0 aromatic rings. The smallest absolute Gasteiger partial charge is 0.331 e. The van der Waals surface area contributed by atoms with Gasteiger partial charge in [-0.1, -0.05) is 25.3 Å². The van der Waals surface area contributed by atoms with Crippen molar-refractivity contribution in [1.82, 2.24) is 0 Å². The van der Waals surface area contributed by atoms with Crippen LogP contribution in [-0.4, -0.2) is 17.9 Å². The number of esters is 1. The Hall–Kier alpha value is -1.64. The monoisotopic (exact) mass is 180 g/mol. The third-order valence-electron chi connectivity index (χ3n) is 1.23. The third-order valence-corrected chi connectivity index (χ3v) is 1.23. The van der Waals surface area contributed by atoms with Gasteiger partial charge in [-0.3, -0.25) is 4.79 Å². The van der Waals surface area contributed by atoms with E-state index in [-0.39, 0.29) is 5.78 Å². The molecular formula is C10H12O3. The lowest BCUT2D eigenvalue weighted by atomic mass is 10.2. The van der Waals surface area contributed by atoms with Crippen LogP contribution in [0.15, 0.2) is 37.5 Å². The van der Waals surface area contributed by atoms with E-state index in [0.29, 0.717) is 0 Å². The quantitative estimate of drug-likeness (QED) is 0.365. The molecule has 0 aliphatic carbocycles. The first-order valence-corrected chi connectivity index (χ1v) is 3.74. The summed E-state index contributed by atoms with van der Waals surface area (Å²) in [6.07, 6.45) is 4.66. The van der Waals surface area contributed by atoms with Crippen molar-refractivity contribution >= 4 is 11.8 Å². The summed E-state index contributed by atoms with van der Waals surface area (Å²) in [6.45, 7) is 8.00. The summed E-state index contributed by atoms with van der Waals surface area (Å²) in [5.41, 5.74) is 0. The molecule has 0 saturated heterocycles. The second-order valence-electron chi connectivity index (χ2n) is 2.29. The predicted molar refractivity (Wildman–Crippen MR) is 50.1 cm³/mol. The highest BCUT2D eigenvalue weighted by Crippen LogP contribution is 1.98. The van der Waals surface area contributed by atoms with Gasteiger partial charge in [0.15, 0.2) is 11.9 Å². The molecule has 0 radical (unpaired) electrons. The van der Waals surface area contributed by atoms with Crippen LogP contribution in [0.4, 0.5) is 0 Å². The van der Waals surface area contributed by atoms with Crippen LogP contribution in [0.5, 0.6) is 0 Å². The van der Waals surface area contributed by atoms with Crippen LogP contribution in [0.25, 0.3) is 0 Å². The molecule has 0 saturated carbocycles. The molecule has 3 nitrogen and oxygen atoms in total. The maximum absolute atomic E-state index is 10.9. The van der Waals surface area contributed by atoms with E-state index >= 15 is 0 Å². The third kappa shape index (κ3) is 4.74. The van der Waals surface area contributed by atoms with E-state index in [1.807, 2.05) is 0 Å². The standard InChI is InChI=1S/C10H12O3/c1-4-6-7-9(8(3)11)13-10(12)5-2/h4-7,9H,1-2H2,3H3/b7-6+. The fraction of sp³-hybridized carbons (Fsp3) is 0.200. The topological polar surface area (TPSA) is 43.4 Å². The number of carbonyl (C=O) groups excluding carboxylic acids is 2. The molecule has 0 heterocycles. The maximum Gasteiger partial charge on any atom is 0.331 e. The second-order valence-corrected chi connectivity index (χ2v) is 2.29. The Balaban J connectivity index is 4.34. The number of allylic oxidation sites excluding steroid dienone is 2. The van der Waals surface area contributed by atoms with Crippen molar-refractivity contribution in [2.45, 2.75) is 13.0 Å². The van der Waals surface area contributed by atoms with E-state index in [4.69, 9.17) is 4.74 Å². The Kier molecular flexibility index (Phi) is 5.19. The summed E-state index contributed by atoms with van der Waals surface area (Å²) in [7, 11) is 0. The van der Waals surface area contributed by atoms with E-state index in [1.165, 1.54) is 19.1 Å². The molecule has 1 atom stereocenters. The summed E-state index contributed by atoms with van der Waals surface area (Å²) in [5, 5.41) is 0. The zero-order chi connectivity index (χ0) is 10.3. The Bertz CT molecular complexity index is 251. The molecule has 3 heteroatoms. The van der Waals surface area contributed by atoms with Crippen molar-refractivity contribution in [1.29, 1.82) is 0 Å². The largest absolute Gasteiger partial charge is 0.447 e.